The van der Waals surface area contributed by atoms with Crippen molar-refractivity contribution in [1.29, 1.82) is 0 Å². The van der Waals surface area contributed by atoms with Crippen molar-refractivity contribution in [3.05, 3.63) is 91.1 Å². The van der Waals surface area contributed by atoms with Crippen LogP contribution in [0.5, 0.6) is 0 Å². The first-order valence-corrected chi connectivity index (χ1v) is 26.5. The molecule has 3 N–H and O–H groups in total. The van der Waals surface area contributed by atoms with Crippen LogP contribution in [0, 0.1) is 6.92 Å². The second-order valence-electron chi connectivity index (χ2n) is 18.5. The quantitative estimate of drug-likeness (QED) is 0.0617. The van der Waals surface area contributed by atoms with E-state index in [1.54, 1.807) is 23.6 Å². The number of hydrogen-bond acceptors (Lipinski definition) is 16. The highest BCUT2D eigenvalue weighted by molar-refractivity contribution is 7.11. The Labute approximate surface area is 420 Å². The lowest BCUT2D eigenvalue weighted by molar-refractivity contribution is -0.122. The maximum Gasteiger partial charge on any atom is 0.269 e. The highest BCUT2D eigenvalue weighted by atomic mass is 32.1. The Kier molecular flexibility index (Phi) is 19.8. The van der Waals surface area contributed by atoms with Crippen LogP contribution in [0.15, 0.2) is 41.5 Å². The molecule has 0 spiro atoms. The lowest BCUT2D eigenvalue weighted by Gasteiger charge is -2.36. The minimum absolute atomic E-state index is 0.0180. The van der Waals surface area contributed by atoms with E-state index in [2.05, 4.69) is 62.0 Å². The Bertz CT molecular complexity index is 2530. The zero-order valence-electron chi connectivity index (χ0n) is 41.6. The molecule has 5 aromatic heterocycles. The molecule has 0 radical (unpaired) electrons. The number of aromatic amines is 1. The largest absolute Gasteiger partial charge is 0.379 e. The van der Waals surface area contributed by atoms with Crippen LogP contribution in [0.4, 0.5) is 5.69 Å². The normalized spacial score (nSPS) is 16.6. The molecule has 8 heterocycles. The summed E-state index contributed by atoms with van der Waals surface area (Å²) < 4.78 is 24.8. The molecule has 8 rings (SSSR count). The SMILES string of the molecule is CCc1cc2ncc(CN3CCN(c4ccc(C(=O)NCCOCCOCCOCCOCCC(=O)NCCCc5nc(CN6CCC[C@H]6c6nnc7n6CCCCC7)sc5C)nc4)CC3)cc2[nH]c1=O. The third-order valence-corrected chi connectivity index (χ3v) is 14.4. The number of piperazine rings is 1. The topological polar surface area (TPSA) is 207 Å². The number of aromatic nitrogens is 7. The number of nitrogens with zero attached hydrogens (tertiary/aromatic N) is 9. The first-order valence-electron chi connectivity index (χ1n) is 25.7. The van der Waals surface area contributed by atoms with Gasteiger partial charge >= 0.3 is 0 Å². The molecule has 0 aliphatic carbocycles. The smallest absolute Gasteiger partial charge is 0.269 e. The third-order valence-electron chi connectivity index (χ3n) is 13.4. The number of rotatable bonds is 27. The van der Waals surface area contributed by atoms with Gasteiger partial charge < -0.3 is 44.0 Å². The number of pyridine rings is 3. The first-order chi connectivity index (χ1) is 34.8. The van der Waals surface area contributed by atoms with Crippen molar-refractivity contribution >= 4 is 39.9 Å². The van der Waals surface area contributed by atoms with Crippen LogP contribution in [0.3, 0.4) is 0 Å². The van der Waals surface area contributed by atoms with Crippen LogP contribution in [0.2, 0.25) is 0 Å². The van der Waals surface area contributed by atoms with Crippen LogP contribution in [-0.2, 0) is 62.6 Å². The van der Waals surface area contributed by atoms with Gasteiger partial charge in [0.15, 0.2) is 0 Å². The van der Waals surface area contributed by atoms with Crippen molar-refractivity contribution in [2.75, 3.05) is 104 Å². The highest BCUT2D eigenvalue weighted by Gasteiger charge is 2.32. The molecule has 20 heteroatoms. The fourth-order valence-corrected chi connectivity index (χ4v) is 10.5. The number of likely N-dealkylation sites (tertiary alicyclic amines) is 1. The molecule has 0 aromatic carbocycles. The Balaban J connectivity index is 0.585. The number of fused-ring (bicyclic) bond motifs is 2. The van der Waals surface area contributed by atoms with Crippen LogP contribution in [0.25, 0.3) is 11.0 Å². The van der Waals surface area contributed by atoms with Gasteiger partial charge in [0, 0.05) is 81.8 Å². The van der Waals surface area contributed by atoms with Crippen molar-refractivity contribution in [3.63, 3.8) is 0 Å². The summed E-state index contributed by atoms with van der Waals surface area (Å²) in [5.74, 6) is 2.03. The molecule has 19 nitrogen and oxygen atoms in total. The van der Waals surface area contributed by atoms with Crippen LogP contribution >= 0.6 is 11.3 Å². The summed E-state index contributed by atoms with van der Waals surface area (Å²) in [6, 6.07) is 7.90. The van der Waals surface area contributed by atoms with Crippen molar-refractivity contribution in [2.24, 2.45) is 0 Å². The molecular formula is C51H72N12O7S. The molecule has 71 heavy (non-hydrogen) atoms. The number of amides is 2. The number of anilines is 1. The van der Waals surface area contributed by atoms with E-state index in [-0.39, 0.29) is 17.4 Å². The molecule has 3 aliphatic heterocycles. The molecule has 3 aliphatic rings. The summed E-state index contributed by atoms with van der Waals surface area (Å²) >= 11 is 1.79. The van der Waals surface area contributed by atoms with Gasteiger partial charge in [0.2, 0.25) is 5.91 Å². The molecular weight excluding hydrogens is 925 g/mol. The van der Waals surface area contributed by atoms with Gasteiger partial charge in [0.25, 0.3) is 11.5 Å². The molecule has 0 unspecified atom stereocenters. The summed E-state index contributed by atoms with van der Waals surface area (Å²) in [6.45, 7) is 15.4. The number of thiazole rings is 1. The Morgan fingerprint density at radius 1 is 0.817 bits per heavy atom. The maximum absolute atomic E-state index is 12.7. The van der Waals surface area contributed by atoms with E-state index in [9.17, 15) is 14.4 Å². The van der Waals surface area contributed by atoms with E-state index in [4.69, 9.17) is 23.9 Å². The lowest BCUT2D eigenvalue weighted by atomic mass is 10.1. The number of ether oxygens (including phenoxy) is 4. The van der Waals surface area contributed by atoms with Crippen molar-refractivity contribution in [3.8, 4) is 0 Å². The van der Waals surface area contributed by atoms with Crippen LogP contribution < -0.4 is 21.1 Å². The van der Waals surface area contributed by atoms with Crippen LogP contribution in [0.1, 0.15) is 107 Å². The zero-order chi connectivity index (χ0) is 49.2. The summed E-state index contributed by atoms with van der Waals surface area (Å²) in [5.41, 5.74) is 5.81. The van der Waals surface area contributed by atoms with Gasteiger partial charge in [-0.25, -0.2) is 9.97 Å². The van der Waals surface area contributed by atoms with Gasteiger partial charge in [-0.05, 0) is 88.2 Å². The molecule has 2 fully saturated rings. The average Bonchev–Trinajstić information content (AvgIpc) is 4.06. The first kappa shape index (κ1) is 52.1. The number of carbonyl (C=O) groups is 2. The number of aryl methyl sites for hydroxylation is 4. The number of carbonyl (C=O) groups excluding carboxylic acids is 2. The van der Waals surface area contributed by atoms with Crippen molar-refractivity contribution in [1.82, 2.24) is 55.1 Å². The maximum atomic E-state index is 12.7. The number of H-pyrrole nitrogens is 1. The van der Waals surface area contributed by atoms with E-state index in [0.29, 0.717) is 90.5 Å². The van der Waals surface area contributed by atoms with Gasteiger partial charge in [-0.3, -0.25) is 29.2 Å². The van der Waals surface area contributed by atoms with Crippen molar-refractivity contribution < 1.29 is 28.5 Å². The van der Waals surface area contributed by atoms with E-state index >= 15 is 0 Å². The van der Waals surface area contributed by atoms with E-state index in [1.807, 2.05) is 31.3 Å². The standard InChI is InChI=1S/C51H72N12O7S/c1-3-39-32-43-44(57-50(39)65)31-38(33-54-43)35-60-19-21-61(22-20-60)40-12-13-42(55-34-40)51(66)53-16-24-68-26-28-70-30-29-69-27-25-67-23-14-47(64)52-15-7-9-41-37(2)71-48(56-41)36-62-17-8-10-45(62)49-59-58-46-11-5-4-6-18-63(46)49/h12-13,31-34,45H,3-11,14-30,35-36H2,1-2H3,(H,52,64)(H,53,66)(H,57,65)/t45-/m0/s1. The molecule has 5 aromatic rings. The molecule has 0 bridgehead atoms. The monoisotopic (exact) mass is 997 g/mol. The summed E-state index contributed by atoms with van der Waals surface area (Å²) in [5, 5.41) is 16.3. The Morgan fingerprint density at radius 2 is 1.61 bits per heavy atom. The van der Waals surface area contributed by atoms with E-state index in [0.717, 1.165) is 128 Å². The highest BCUT2D eigenvalue weighted by Crippen LogP contribution is 2.34. The van der Waals surface area contributed by atoms with Crippen molar-refractivity contribution in [2.45, 2.75) is 104 Å². The summed E-state index contributed by atoms with van der Waals surface area (Å²) in [4.78, 5) is 62.8. The van der Waals surface area contributed by atoms with Crippen LogP contribution in [-0.4, -0.2) is 155 Å². The van der Waals surface area contributed by atoms with Gasteiger partial charge in [0.1, 0.15) is 22.4 Å². The number of nitrogens with one attached hydrogen (secondary N) is 3. The minimum atomic E-state index is -0.246. The third kappa shape index (κ3) is 15.2. The molecule has 2 amide bonds. The number of hydrogen-bond donors (Lipinski definition) is 3. The second-order valence-corrected chi connectivity index (χ2v) is 19.8. The Morgan fingerprint density at radius 3 is 2.38 bits per heavy atom. The summed E-state index contributed by atoms with van der Waals surface area (Å²) in [7, 11) is 0. The average molecular weight is 997 g/mol. The Hall–Kier alpha value is -5.22. The van der Waals surface area contributed by atoms with Gasteiger partial charge in [0.05, 0.1) is 94.1 Å². The predicted molar refractivity (Wildman–Crippen MR) is 272 cm³/mol. The fraction of sp³-hybridized carbons (Fsp3) is 0.608. The second kappa shape index (κ2) is 27.0. The lowest BCUT2D eigenvalue weighted by Crippen LogP contribution is -2.46. The fourth-order valence-electron chi connectivity index (χ4n) is 9.49. The van der Waals surface area contributed by atoms with Gasteiger partial charge in [-0.15, -0.1) is 21.5 Å². The predicted octanol–water partition coefficient (Wildman–Crippen LogP) is 4.56. The molecule has 1 atom stereocenters. The van der Waals surface area contributed by atoms with E-state index in [1.165, 1.54) is 30.6 Å². The van der Waals surface area contributed by atoms with Gasteiger partial charge in [-0.1, -0.05) is 13.3 Å². The van der Waals surface area contributed by atoms with Gasteiger partial charge in [-0.2, -0.15) is 0 Å². The molecule has 0 saturated carbocycles. The molecule has 384 valence electrons. The minimum Gasteiger partial charge on any atom is -0.379 e. The molecule has 2 saturated heterocycles. The summed E-state index contributed by atoms with van der Waals surface area (Å²) in [6.07, 6.45) is 13.3. The van der Waals surface area contributed by atoms with E-state index < -0.39 is 0 Å². The zero-order valence-corrected chi connectivity index (χ0v) is 42.4.